The number of fused-ring (bicyclic) bond motifs is 1. The molecule has 2 aliphatic rings. The molecule has 2 heterocycles. The molecule has 0 aliphatic heterocycles. The van der Waals surface area contributed by atoms with Gasteiger partial charge in [0.15, 0.2) is 0 Å². The van der Waals surface area contributed by atoms with E-state index >= 15 is 0 Å². The quantitative estimate of drug-likeness (QED) is 0.176. The predicted molar refractivity (Wildman–Crippen MR) is 174 cm³/mol. The first-order valence-electron chi connectivity index (χ1n) is 15.7. The molecule has 0 atom stereocenters. The van der Waals surface area contributed by atoms with Crippen LogP contribution in [0.4, 0.5) is 10.1 Å². The number of methoxy groups -OCH3 is 1. The number of nitrogens with one attached hydrogen (secondary N) is 2. The summed E-state index contributed by atoms with van der Waals surface area (Å²) in [5.74, 6) is -1.39. The number of rotatable bonds is 9. The van der Waals surface area contributed by atoms with Crippen LogP contribution in [0, 0.1) is 5.82 Å². The lowest BCUT2D eigenvalue weighted by Crippen LogP contribution is -2.61. The molecule has 6 rings (SSSR count). The molecule has 0 saturated heterocycles. The average Bonchev–Trinajstić information content (AvgIpc) is 3.33. The van der Waals surface area contributed by atoms with Crippen LogP contribution in [-0.4, -0.2) is 45.1 Å². The lowest BCUT2D eigenvalue weighted by molar-refractivity contribution is -0.131. The van der Waals surface area contributed by atoms with Gasteiger partial charge in [-0.25, -0.2) is 9.18 Å². The SMILES string of the molecule is COc1cc(NC(=O)C2(NC(=O)c3ccc4c(C5CCCCC5)c(-c5ccc(F)cn5)n(C)c4c3)CCC2)ccc1/C=C/C(=O)O. The molecule has 0 unspecified atom stereocenters. The molecular weight excluding hydrogens is 587 g/mol. The Balaban J connectivity index is 1.27. The van der Waals surface area contributed by atoms with Crippen LogP contribution in [-0.2, 0) is 16.6 Å². The van der Waals surface area contributed by atoms with Gasteiger partial charge in [-0.05, 0) is 86.1 Å². The zero-order chi connectivity index (χ0) is 32.4. The monoisotopic (exact) mass is 624 g/mol. The van der Waals surface area contributed by atoms with Gasteiger partial charge >= 0.3 is 5.97 Å². The second-order valence-corrected chi connectivity index (χ2v) is 12.2. The van der Waals surface area contributed by atoms with Crippen LogP contribution in [0.15, 0.2) is 60.8 Å². The summed E-state index contributed by atoms with van der Waals surface area (Å²) in [6.45, 7) is 0. The van der Waals surface area contributed by atoms with E-state index < -0.39 is 17.3 Å². The highest BCUT2D eigenvalue weighted by atomic mass is 19.1. The molecule has 10 heteroatoms. The van der Waals surface area contributed by atoms with Crippen molar-refractivity contribution >= 4 is 40.4 Å². The van der Waals surface area contributed by atoms with Crippen LogP contribution in [0.1, 0.15) is 78.8 Å². The zero-order valence-corrected chi connectivity index (χ0v) is 25.9. The van der Waals surface area contributed by atoms with E-state index in [0.717, 1.165) is 54.8 Å². The van der Waals surface area contributed by atoms with Crippen molar-refractivity contribution in [3.05, 3.63) is 83.3 Å². The number of anilines is 1. The third kappa shape index (κ3) is 5.99. The summed E-state index contributed by atoms with van der Waals surface area (Å²) in [5, 5.41) is 15.9. The lowest BCUT2D eigenvalue weighted by Gasteiger charge is -2.40. The Morgan fingerprint density at radius 2 is 1.83 bits per heavy atom. The topological polar surface area (TPSA) is 123 Å². The Hall–Kier alpha value is -4.99. The molecule has 3 N–H and O–H groups in total. The summed E-state index contributed by atoms with van der Waals surface area (Å²) in [6, 6.07) is 13.7. The van der Waals surface area contributed by atoms with E-state index in [1.54, 1.807) is 24.3 Å². The highest BCUT2D eigenvalue weighted by Gasteiger charge is 2.45. The number of nitrogens with zero attached hydrogens (tertiary/aromatic N) is 2. The number of ether oxygens (including phenoxy) is 1. The molecule has 2 amide bonds. The third-order valence-corrected chi connectivity index (χ3v) is 9.38. The molecule has 46 heavy (non-hydrogen) atoms. The molecule has 238 valence electrons. The van der Waals surface area contributed by atoms with Gasteiger partial charge in [0, 0.05) is 46.9 Å². The highest BCUT2D eigenvalue weighted by Crippen LogP contribution is 2.43. The van der Waals surface area contributed by atoms with Crippen molar-refractivity contribution in [3.63, 3.8) is 0 Å². The Kier molecular flexibility index (Phi) is 8.62. The van der Waals surface area contributed by atoms with E-state index in [1.165, 1.54) is 37.4 Å². The maximum Gasteiger partial charge on any atom is 0.328 e. The number of halogens is 1. The maximum atomic E-state index is 13.8. The van der Waals surface area contributed by atoms with Crippen LogP contribution in [0.2, 0.25) is 0 Å². The van der Waals surface area contributed by atoms with Gasteiger partial charge in [0.2, 0.25) is 5.91 Å². The smallest absolute Gasteiger partial charge is 0.328 e. The van der Waals surface area contributed by atoms with Crippen LogP contribution in [0.3, 0.4) is 0 Å². The Labute approximate surface area is 266 Å². The van der Waals surface area contributed by atoms with Crippen molar-refractivity contribution in [2.45, 2.75) is 62.8 Å². The number of carbonyl (C=O) groups is 3. The molecule has 0 bridgehead atoms. The van der Waals surface area contributed by atoms with Gasteiger partial charge < -0.3 is 25.0 Å². The number of aromatic nitrogens is 2. The highest BCUT2D eigenvalue weighted by molar-refractivity contribution is 6.06. The predicted octanol–water partition coefficient (Wildman–Crippen LogP) is 6.82. The van der Waals surface area contributed by atoms with Gasteiger partial charge in [-0.1, -0.05) is 25.3 Å². The number of hydrogen-bond acceptors (Lipinski definition) is 5. The molecular formula is C36H37FN4O5. The first kappa shape index (κ1) is 31.0. The Bertz CT molecular complexity index is 1840. The van der Waals surface area contributed by atoms with E-state index in [0.29, 0.717) is 47.0 Å². The van der Waals surface area contributed by atoms with Crippen molar-refractivity contribution in [1.82, 2.24) is 14.9 Å². The van der Waals surface area contributed by atoms with Crippen molar-refractivity contribution in [1.29, 1.82) is 0 Å². The fourth-order valence-electron chi connectivity index (χ4n) is 6.80. The number of carbonyl (C=O) groups excluding carboxylic acids is 2. The molecule has 0 spiro atoms. The Morgan fingerprint density at radius 3 is 2.48 bits per heavy atom. The second-order valence-electron chi connectivity index (χ2n) is 12.2. The van der Waals surface area contributed by atoms with Crippen molar-refractivity contribution in [2.24, 2.45) is 7.05 Å². The van der Waals surface area contributed by atoms with Crippen LogP contribution >= 0.6 is 0 Å². The largest absolute Gasteiger partial charge is 0.496 e. The standard InChI is InChI=1S/C36H37FN4O5/c1-41-29-19-24(10-14-27(29)32(23-7-4-3-5-8-23)33(41)28-15-12-25(37)21-38-28)34(44)40-36(17-6-18-36)35(45)39-26-13-9-22(11-16-31(42)43)30(20-26)46-2/h9-16,19-21,23H,3-8,17-18H2,1-2H3,(H,39,45)(H,40,44)(H,42,43)/b16-11+. The van der Waals surface area contributed by atoms with Crippen LogP contribution < -0.4 is 15.4 Å². The van der Waals surface area contributed by atoms with Crippen molar-refractivity contribution < 1.29 is 28.6 Å². The third-order valence-electron chi connectivity index (χ3n) is 9.38. The minimum atomic E-state index is -1.08. The number of benzene rings is 2. The first-order chi connectivity index (χ1) is 22.2. The number of aryl methyl sites for hydroxylation is 1. The molecule has 2 aliphatic carbocycles. The summed E-state index contributed by atoms with van der Waals surface area (Å²) in [7, 11) is 3.42. The van der Waals surface area contributed by atoms with Crippen molar-refractivity contribution in [3.8, 4) is 17.1 Å². The summed E-state index contributed by atoms with van der Waals surface area (Å²) >= 11 is 0. The molecule has 2 fully saturated rings. The van der Waals surface area contributed by atoms with Gasteiger partial charge in [0.1, 0.15) is 17.1 Å². The molecule has 4 aromatic rings. The second kappa shape index (κ2) is 12.8. The van der Waals surface area contributed by atoms with Gasteiger partial charge in [0.25, 0.3) is 5.91 Å². The summed E-state index contributed by atoms with van der Waals surface area (Å²) in [4.78, 5) is 42.6. The normalized spacial score (nSPS) is 16.2. The fraction of sp³-hybridized carbons (Fsp3) is 0.333. The number of hydrogen-bond donors (Lipinski definition) is 3. The minimum absolute atomic E-state index is 0.327. The van der Waals surface area contributed by atoms with Gasteiger partial charge in [-0.15, -0.1) is 0 Å². The molecule has 0 radical (unpaired) electrons. The summed E-state index contributed by atoms with van der Waals surface area (Å²) in [6.07, 6.45) is 11.1. The van der Waals surface area contributed by atoms with Crippen LogP contribution in [0.5, 0.6) is 5.75 Å². The number of amides is 2. The van der Waals surface area contributed by atoms with Gasteiger partial charge in [-0.2, -0.15) is 0 Å². The zero-order valence-electron chi connectivity index (χ0n) is 25.9. The molecule has 9 nitrogen and oxygen atoms in total. The van der Waals surface area contributed by atoms with E-state index in [9.17, 15) is 18.8 Å². The molecule has 2 saturated carbocycles. The van der Waals surface area contributed by atoms with Gasteiger partial charge in [0.05, 0.1) is 24.7 Å². The number of aliphatic carboxylic acids is 1. The first-order valence-corrected chi connectivity index (χ1v) is 15.7. The molecule has 2 aromatic carbocycles. The molecule has 2 aromatic heterocycles. The average molecular weight is 625 g/mol. The van der Waals surface area contributed by atoms with E-state index in [2.05, 4.69) is 15.6 Å². The van der Waals surface area contributed by atoms with E-state index in [1.807, 2.05) is 29.8 Å². The minimum Gasteiger partial charge on any atom is -0.496 e. The fourth-order valence-corrected chi connectivity index (χ4v) is 6.80. The van der Waals surface area contributed by atoms with E-state index in [4.69, 9.17) is 9.84 Å². The van der Waals surface area contributed by atoms with Gasteiger partial charge in [-0.3, -0.25) is 14.6 Å². The van der Waals surface area contributed by atoms with Crippen molar-refractivity contribution in [2.75, 3.05) is 12.4 Å². The van der Waals surface area contributed by atoms with Crippen LogP contribution in [0.25, 0.3) is 28.4 Å². The summed E-state index contributed by atoms with van der Waals surface area (Å²) in [5.41, 5.74) is 4.11. The number of pyridine rings is 1. The van der Waals surface area contributed by atoms with E-state index in [-0.39, 0.29) is 11.8 Å². The Morgan fingerprint density at radius 1 is 1.04 bits per heavy atom. The maximum absolute atomic E-state index is 13.8. The number of carboxylic acid groups (broad SMARTS) is 1. The summed E-state index contributed by atoms with van der Waals surface area (Å²) < 4.78 is 21.2. The lowest BCUT2D eigenvalue weighted by atomic mass is 9.75. The number of carboxylic acids is 1.